The van der Waals surface area contributed by atoms with Crippen molar-refractivity contribution in [2.24, 2.45) is 0 Å². The molecule has 1 aliphatic heterocycles. The second kappa shape index (κ2) is 5.57. The fourth-order valence-electron chi connectivity index (χ4n) is 2.54. The SMILES string of the molecule is COc1ccccc1C(=O)N(C)N1C(=O)c2ccccc2C1=O. The summed E-state index contributed by atoms with van der Waals surface area (Å²) in [5.74, 6) is -1.16. The zero-order chi connectivity index (χ0) is 16.6. The number of amides is 3. The molecule has 0 aliphatic carbocycles. The summed E-state index contributed by atoms with van der Waals surface area (Å²) >= 11 is 0. The lowest BCUT2D eigenvalue weighted by Gasteiger charge is -2.26. The highest BCUT2D eigenvalue weighted by atomic mass is 16.5. The Bertz CT molecular complexity index is 781. The summed E-state index contributed by atoms with van der Waals surface area (Å²) in [6, 6.07) is 13.1. The molecule has 116 valence electrons. The molecular weight excluding hydrogens is 296 g/mol. The molecule has 6 heteroatoms. The van der Waals surface area contributed by atoms with Gasteiger partial charge in [-0.05, 0) is 24.3 Å². The van der Waals surface area contributed by atoms with Crippen LogP contribution in [0.1, 0.15) is 31.1 Å². The first-order valence-corrected chi connectivity index (χ1v) is 6.95. The van der Waals surface area contributed by atoms with Crippen LogP contribution in [0.5, 0.6) is 5.75 Å². The van der Waals surface area contributed by atoms with E-state index in [-0.39, 0.29) is 16.7 Å². The number of rotatable bonds is 3. The first-order valence-electron chi connectivity index (χ1n) is 6.95. The number of methoxy groups -OCH3 is 1. The van der Waals surface area contributed by atoms with E-state index in [1.54, 1.807) is 48.5 Å². The number of carbonyl (C=O) groups excluding carboxylic acids is 3. The van der Waals surface area contributed by atoms with Crippen molar-refractivity contribution in [1.82, 2.24) is 10.0 Å². The van der Waals surface area contributed by atoms with Gasteiger partial charge in [0.1, 0.15) is 5.75 Å². The minimum Gasteiger partial charge on any atom is -0.496 e. The van der Waals surface area contributed by atoms with E-state index in [9.17, 15) is 14.4 Å². The summed E-state index contributed by atoms with van der Waals surface area (Å²) in [6.07, 6.45) is 0. The van der Waals surface area contributed by atoms with Gasteiger partial charge in [0.2, 0.25) is 0 Å². The van der Waals surface area contributed by atoms with E-state index >= 15 is 0 Å². The number of para-hydroxylation sites is 1. The molecule has 1 heterocycles. The van der Waals surface area contributed by atoms with Gasteiger partial charge in [0, 0.05) is 7.05 Å². The molecule has 0 unspecified atom stereocenters. The molecule has 0 bridgehead atoms. The van der Waals surface area contributed by atoms with E-state index in [1.807, 2.05) is 0 Å². The summed E-state index contributed by atoms with van der Waals surface area (Å²) in [6.45, 7) is 0. The Balaban J connectivity index is 1.95. The Hall–Kier alpha value is -3.15. The van der Waals surface area contributed by atoms with Crippen LogP contribution in [0.25, 0.3) is 0 Å². The van der Waals surface area contributed by atoms with Crippen molar-refractivity contribution in [3.8, 4) is 5.75 Å². The average Bonchev–Trinajstić information content (AvgIpc) is 2.85. The number of imide groups is 1. The maximum Gasteiger partial charge on any atom is 0.280 e. The largest absolute Gasteiger partial charge is 0.496 e. The Labute approximate surface area is 132 Å². The minimum atomic E-state index is -0.517. The van der Waals surface area contributed by atoms with Crippen LogP contribution in [0.2, 0.25) is 0 Å². The molecule has 0 radical (unpaired) electrons. The highest BCUT2D eigenvalue weighted by Crippen LogP contribution is 2.26. The average molecular weight is 310 g/mol. The highest BCUT2D eigenvalue weighted by Gasteiger charge is 2.40. The molecule has 2 aromatic rings. The van der Waals surface area contributed by atoms with Gasteiger partial charge in [-0.25, -0.2) is 5.01 Å². The fraction of sp³-hybridized carbons (Fsp3) is 0.118. The second-order valence-corrected chi connectivity index (χ2v) is 5.00. The summed E-state index contributed by atoms with van der Waals surface area (Å²) in [5.41, 5.74) is 0.850. The summed E-state index contributed by atoms with van der Waals surface area (Å²) in [5, 5.41) is 1.86. The molecule has 0 saturated carbocycles. The monoisotopic (exact) mass is 310 g/mol. The number of nitrogens with zero attached hydrogens (tertiary/aromatic N) is 2. The van der Waals surface area contributed by atoms with E-state index in [1.165, 1.54) is 14.2 Å². The number of benzene rings is 2. The van der Waals surface area contributed by atoms with E-state index < -0.39 is 17.7 Å². The van der Waals surface area contributed by atoms with Crippen LogP contribution >= 0.6 is 0 Å². The predicted molar refractivity (Wildman–Crippen MR) is 82.0 cm³/mol. The molecule has 0 spiro atoms. The van der Waals surface area contributed by atoms with Crippen molar-refractivity contribution in [2.45, 2.75) is 0 Å². The second-order valence-electron chi connectivity index (χ2n) is 5.00. The first kappa shape index (κ1) is 14.8. The van der Waals surface area contributed by atoms with Crippen molar-refractivity contribution in [1.29, 1.82) is 0 Å². The molecule has 0 fully saturated rings. The van der Waals surface area contributed by atoms with Crippen molar-refractivity contribution < 1.29 is 19.1 Å². The smallest absolute Gasteiger partial charge is 0.280 e. The molecule has 3 rings (SSSR count). The van der Waals surface area contributed by atoms with Crippen LogP contribution in [0.15, 0.2) is 48.5 Å². The van der Waals surface area contributed by atoms with Crippen molar-refractivity contribution in [3.05, 3.63) is 65.2 Å². The van der Waals surface area contributed by atoms with Crippen LogP contribution in [0, 0.1) is 0 Å². The van der Waals surface area contributed by atoms with E-state index in [4.69, 9.17) is 4.74 Å². The van der Waals surface area contributed by atoms with Gasteiger partial charge >= 0.3 is 0 Å². The normalized spacial score (nSPS) is 13.0. The lowest BCUT2D eigenvalue weighted by atomic mass is 10.1. The number of hydrazine groups is 1. The predicted octanol–water partition coefficient (Wildman–Crippen LogP) is 1.98. The van der Waals surface area contributed by atoms with Crippen molar-refractivity contribution in [3.63, 3.8) is 0 Å². The van der Waals surface area contributed by atoms with Crippen LogP contribution < -0.4 is 4.74 Å². The quantitative estimate of drug-likeness (QED) is 0.813. The fourth-order valence-corrected chi connectivity index (χ4v) is 2.54. The number of ether oxygens (including phenoxy) is 1. The molecule has 0 aromatic heterocycles. The standard InChI is InChI=1S/C17H14N2O4/c1-18(15(20)13-9-5-6-10-14(13)23-2)19-16(21)11-7-3-4-8-12(11)17(19)22/h3-10H,1-2H3. The Kier molecular flexibility index (Phi) is 3.57. The lowest BCUT2D eigenvalue weighted by Crippen LogP contribution is -2.47. The van der Waals surface area contributed by atoms with Gasteiger partial charge in [0.15, 0.2) is 0 Å². The summed E-state index contributed by atoms with van der Waals surface area (Å²) in [7, 11) is 2.84. The van der Waals surface area contributed by atoms with Crippen molar-refractivity contribution >= 4 is 17.7 Å². The third-order valence-corrected chi connectivity index (χ3v) is 3.70. The molecule has 0 N–H and O–H groups in total. The molecule has 23 heavy (non-hydrogen) atoms. The molecule has 3 amide bonds. The van der Waals surface area contributed by atoms with Crippen LogP contribution in [-0.2, 0) is 0 Å². The third-order valence-electron chi connectivity index (χ3n) is 3.70. The van der Waals surface area contributed by atoms with Gasteiger partial charge < -0.3 is 4.74 Å². The zero-order valence-electron chi connectivity index (χ0n) is 12.6. The first-order chi connectivity index (χ1) is 11.1. The molecule has 0 saturated heterocycles. The van der Waals surface area contributed by atoms with Gasteiger partial charge in [0.25, 0.3) is 17.7 Å². The van der Waals surface area contributed by atoms with Crippen molar-refractivity contribution in [2.75, 3.05) is 14.2 Å². The van der Waals surface area contributed by atoms with Gasteiger partial charge in [0.05, 0.1) is 23.8 Å². The zero-order valence-corrected chi connectivity index (χ0v) is 12.6. The van der Waals surface area contributed by atoms with E-state index in [2.05, 4.69) is 0 Å². The van der Waals surface area contributed by atoms with Gasteiger partial charge in [-0.15, -0.1) is 0 Å². The number of hydrogen-bond acceptors (Lipinski definition) is 4. The third kappa shape index (κ3) is 2.24. The van der Waals surface area contributed by atoms with Crippen LogP contribution in [0.4, 0.5) is 0 Å². The lowest BCUT2D eigenvalue weighted by molar-refractivity contribution is 0.0126. The maximum atomic E-state index is 12.7. The number of carbonyl (C=O) groups is 3. The van der Waals surface area contributed by atoms with Crippen LogP contribution in [0.3, 0.4) is 0 Å². The van der Waals surface area contributed by atoms with E-state index in [0.29, 0.717) is 5.75 Å². The minimum absolute atomic E-state index is 0.272. The number of hydrogen-bond donors (Lipinski definition) is 0. The number of fused-ring (bicyclic) bond motifs is 1. The topological polar surface area (TPSA) is 66.9 Å². The Morgan fingerprint density at radius 3 is 2.04 bits per heavy atom. The molecule has 2 aromatic carbocycles. The van der Waals surface area contributed by atoms with E-state index in [0.717, 1.165) is 10.0 Å². The Morgan fingerprint density at radius 2 is 1.48 bits per heavy atom. The Morgan fingerprint density at radius 1 is 0.957 bits per heavy atom. The van der Waals surface area contributed by atoms with Crippen LogP contribution in [-0.4, -0.2) is 41.9 Å². The summed E-state index contributed by atoms with van der Waals surface area (Å²) in [4.78, 5) is 37.5. The summed E-state index contributed by atoms with van der Waals surface area (Å²) < 4.78 is 5.16. The van der Waals surface area contributed by atoms with Gasteiger partial charge in [-0.3, -0.25) is 14.4 Å². The molecule has 0 atom stereocenters. The molecule has 1 aliphatic rings. The van der Waals surface area contributed by atoms with Gasteiger partial charge in [-0.1, -0.05) is 24.3 Å². The molecule has 6 nitrogen and oxygen atoms in total. The highest BCUT2D eigenvalue weighted by molar-refractivity contribution is 6.22. The molecular formula is C17H14N2O4. The maximum absolute atomic E-state index is 12.7. The van der Waals surface area contributed by atoms with Gasteiger partial charge in [-0.2, -0.15) is 5.01 Å².